The minimum Gasteiger partial charge on any atom is -0.480 e. The SMILES string of the molecule is O=C(NC(CCc1ccccc1C1CC1)C(=O)O)OCC1c2ccccc2-c2ccccc21. The van der Waals surface area contributed by atoms with Gasteiger partial charge in [0.2, 0.25) is 0 Å². The van der Waals surface area contributed by atoms with Crippen LogP contribution in [0, 0.1) is 0 Å². The Morgan fingerprint density at radius 1 is 0.879 bits per heavy atom. The van der Waals surface area contributed by atoms with E-state index in [9.17, 15) is 14.7 Å². The number of carboxylic acids is 1. The van der Waals surface area contributed by atoms with E-state index in [2.05, 4.69) is 41.7 Å². The standard InChI is InChI=1S/C28H27NO4/c30-27(31)26(16-15-18-7-1-2-8-20(18)19-13-14-19)29-28(32)33-17-25-23-11-5-3-9-21(23)22-10-4-6-12-24(22)25/h1-12,19,25-26H,13-17H2,(H,29,32)(H,30,31). The lowest BCUT2D eigenvalue weighted by Crippen LogP contribution is -2.41. The molecule has 0 aromatic heterocycles. The fourth-order valence-corrected chi connectivity index (χ4v) is 4.89. The van der Waals surface area contributed by atoms with Crippen LogP contribution >= 0.6 is 0 Å². The highest BCUT2D eigenvalue weighted by Crippen LogP contribution is 2.44. The van der Waals surface area contributed by atoms with Gasteiger partial charge < -0.3 is 15.2 Å². The van der Waals surface area contributed by atoms with Crippen LogP contribution in [-0.2, 0) is 16.0 Å². The summed E-state index contributed by atoms with van der Waals surface area (Å²) >= 11 is 0. The van der Waals surface area contributed by atoms with Gasteiger partial charge in [-0.1, -0.05) is 72.8 Å². The number of rotatable bonds is 8. The van der Waals surface area contributed by atoms with Crippen LogP contribution in [-0.4, -0.2) is 29.8 Å². The first-order valence-electron chi connectivity index (χ1n) is 11.5. The van der Waals surface area contributed by atoms with Crippen LogP contribution in [0.2, 0.25) is 0 Å². The number of fused-ring (bicyclic) bond motifs is 3. The van der Waals surface area contributed by atoms with Gasteiger partial charge in [0.15, 0.2) is 0 Å². The summed E-state index contributed by atoms with van der Waals surface area (Å²) in [5.41, 5.74) is 7.03. The summed E-state index contributed by atoms with van der Waals surface area (Å²) in [6, 6.07) is 23.4. The van der Waals surface area contributed by atoms with Crippen LogP contribution in [0.1, 0.15) is 53.4 Å². The van der Waals surface area contributed by atoms with Crippen molar-refractivity contribution < 1.29 is 19.4 Å². The van der Waals surface area contributed by atoms with Gasteiger partial charge in [0, 0.05) is 5.92 Å². The molecule has 0 spiro atoms. The summed E-state index contributed by atoms with van der Waals surface area (Å²) in [6.45, 7) is 0.163. The second kappa shape index (κ2) is 9.10. The Kier molecular flexibility index (Phi) is 5.86. The molecule has 1 saturated carbocycles. The van der Waals surface area contributed by atoms with E-state index < -0.39 is 18.1 Å². The topological polar surface area (TPSA) is 75.6 Å². The van der Waals surface area contributed by atoms with Crippen molar-refractivity contribution in [2.24, 2.45) is 0 Å². The zero-order valence-corrected chi connectivity index (χ0v) is 18.4. The largest absolute Gasteiger partial charge is 0.480 e. The van der Waals surface area contributed by atoms with Gasteiger partial charge in [-0.3, -0.25) is 0 Å². The molecule has 3 aromatic carbocycles. The van der Waals surface area contributed by atoms with E-state index in [-0.39, 0.29) is 12.5 Å². The fraction of sp³-hybridized carbons (Fsp3) is 0.286. The summed E-state index contributed by atoms with van der Waals surface area (Å²) in [7, 11) is 0. The number of carboxylic acid groups (broad SMARTS) is 1. The molecule has 0 aliphatic heterocycles. The predicted octanol–water partition coefficient (Wildman–Crippen LogP) is 5.49. The summed E-state index contributed by atoms with van der Waals surface area (Å²) in [5, 5.41) is 12.2. The highest BCUT2D eigenvalue weighted by Gasteiger charge is 2.30. The van der Waals surface area contributed by atoms with Gasteiger partial charge in [-0.15, -0.1) is 0 Å². The number of amides is 1. The molecular formula is C28H27NO4. The highest BCUT2D eigenvalue weighted by atomic mass is 16.5. The first-order chi connectivity index (χ1) is 16.1. The number of hydrogen-bond acceptors (Lipinski definition) is 3. The molecule has 1 atom stereocenters. The predicted molar refractivity (Wildman–Crippen MR) is 126 cm³/mol. The third kappa shape index (κ3) is 4.49. The van der Waals surface area contributed by atoms with Crippen molar-refractivity contribution in [2.75, 3.05) is 6.61 Å². The van der Waals surface area contributed by atoms with Crippen molar-refractivity contribution >= 4 is 12.1 Å². The number of alkyl carbamates (subject to hydrolysis) is 1. The lowest BCUT2D eigenvalue weighted by atomic mass is 9.97. The van der Waals surface area contributed by atoms with E-state index in [4.69, 9.17) is 4.74 Å². The molecule has 0 radical (unpaired) electrons. The Balaban J connectivity index is 1.21. The van der Waals surface area contributed by atoms with Gasteiger partial charge >= 0.3 is 12.1 Å². The van der Waals surface area contributed by atoms with Crippen LogP contribution in [0.5, 0.6) is 0 Å². The third-order valence-corrected chi connectivity index (χ3v) is 6.71. The van der Waals surface area contributed by atoms with Crippen molar-refractivity contribution in [3.8, 4) is 11.1 Å². The number of ether oxygens (including phenoxy) is 1. The smallest absolute Gasteiger partial charge is 0.407 e. The maximum absolute atomic E-state index is 12.5. The van der Waals surface area contributed by atoms with Gasteiger partial charge in [0.1, 0.15) is 12.6 Å². The Bertz CT molecular complexity index is 1140. The molecule has 3 aromatic rings. The summed E-state index contributed by atoms with van der Waals surface area (Å²) in [5.74, 6) is -0.510. The first-order valence-corrected chi connectivity index (χ1v) is 11.5. The molecule has 0 heterocycles. The Morgan fingerprint density at radius 3 is 2.06 bits per heavy atom. The summed E-state index contributed by atoms with van der Waals surface area (Å²) in [6.07, 6.45) is 2.62. The van der Waals surface area contributed by atoms with Crippen LogP contribution in [0.15, 0.2) is 72.8 Å². The number of aryl methyl sites for hydroxylation is 1. The van der Waals surface area contributed by atoms with E-state index in [1.807, 2.05) is 36.4 Å². The van der Waals surface area contributed by atoms with Gasteiger partial charge in [0.25, 0.3) is 0 Å². The van der Waals surface area contributed by atoms with E-state index >= 15 is 0 Å². The second-order valence-corrected chi connectivity index (χ2v) is 8.87. The molecule has 1 fully saturated rings. The number of nitrogens with one attached hydrogen (secondary N) is 1. The molecule has 5 heteroatoms. The fourth-order valence-electron chi connectivity index (χ4n) is 4.89. The van der Waals surface area contributed by atoms with E-state index in [1.165, 1.54) is 24.0 Å². The maximum Gasteiger partial charge on any atom is 0.407 e. The molecule has 0 bridgehead atoms. The normalized spacial score (nSPS) is 15.4. The molecule has 33 heavy (non-hydrogen) atoms. The van der Waals surface area contributed by atoms with Crippen molar-refractivity contribution in [1.82, 2.24) is 5.32 Å². The van der Waals surface area contributed by atoms with Gasteiger partial charge in [-0.2, -0.15) is 0 Å². The zero-order chi connectivity index (χ0) is 22.8. The number of benzene rings is 3. The number of carbonyl (C=O) groups excluding carboxylic acids is 1. The molecule has 2 N–H and O–H groups in total. The molecule has 168 valence electrons. The van der Waals surface area contributed by atoms with Crippen LogP contribution in [0.4, 0.5) is 4.79 Å². The Morgan fingerprint density at radius 2 is 1.45 bits per heavy atom. The van der Waals surface area contributed by atoms with Gasteiger partial charge in [-0.25, -0.2) is 9.59 Å². The molecule has 2 aliphatic carbocycles. The minimum absolute atomic E-state index is 0.0585. The first kappa shape index (κ1) is 21.3. The lowest BCUT2D eigenvalue weighted by molar-refractivity contribution is -0.139. The van der Waals surface area contributed by atoms with E-state index in [0.29, 0.717) is 18.8 Å². The average Bonchev–Trinajstić information content (AvgIpc) is 3.63. The Labute approximate surface area is 193 Å². The van der Waals surface area contributed by atoms with Gasteiger partial charge in [-0.05, 0) is 65.0 Å². The number of carbonyl (C=O) groups is 2. The third-order valence-electron chi connectivity index (χ3n) is 6.71. The number of aliphatic carboxylic acids is 1. The monoisotopic (exact) mass is 441 g/mol. The minimum atomic E-state index is -1.05. The van der Waals surface area contributed by atoms with E-state index in [1.54, 1.807) is 0 Å². The molecule has 0 saturated heterocycles. The Hall–Kier alpha value is -3.60. The molecule has 5 rings (SSSR count). The molecular weight excluding hydrogens is 414 g/mol. The zero-order valence-electron chi connectivity index (χ0n) is 18.4. The highest BCUT2D eigenvalue weighted by molar-refractivity contribution is 5.81. The van der Waals surface area contributed by atoms with Crippen molar-refractivity contribution in [3.63, 3.8) is 0 Å². The quantitative estimate of drug-likeness (QED) is 0.485. The van der Waals surface area contributed by atoms with E-state index in [0.717, 1.165) is 22.3 Å². The number of hydrogen-bond donors (Lipinski definition) is 2. The molecule has 5 nitrogen and oxygen atoms in total. The van der Waals surface area contributed by atoms with Crippen LogP contribution in [0.25, 0.3) is 11.1 Å². The van der Waals surface area contributed by atoms with Crippen molar-refractivity contribution in [3.05, 3.63) is 95.1 Å². The molecule has 1 unspecified atom stereocenters. The van der Waals surface area contributed by atoms with Crippen molar-refractivity contribution in [2.45, 2.75) is 43.6 Å². The average molecular weight is 442 g/mol. The van der Waals surface area contributed by atoms with Crippen LogP contribution in [0.3, 0.4) is 0 Å². The molecule has 1 amide bonds. The van der Waals surface area contributed by atoms with Crippen molar-refractivity contribution in [1.29, 1.82) is 0 Å². The lowest BCUT2D eigenvalue weighted by Gasteiger charge is -2.18. The van der Waals surface area contributed by atoms with Gasteiger partial charge in [0.05, 0.1) is 0 Å². The maximum atomic E-state index is 12.5. The second-order valence-electron chi connectivity index (χ2n) is 8.87. The summed E-state index contributed by atoms with van der Waals surface area (Å²) in [4.78, 5) is 24.3. The van der Waals surface area contributed by atoms with Crippen LogP contribution < -0.4 is 5.32 Å². The molecule has 2 aliphatic rings. The summed E-state index contributed by atoms with van der Waals surface area (Å²) < 4.78 is 5.53.